The van der Waals surface area contributed by atoms with Crippen LogP contribution >= 0.6 is 0 Å². The molecule has 10 heteroatoms. The number of allylic oxidation sites excluding steroid dienone is 1. The van der Waals surface area contributed by atoms with Gasteiger partial charge in [0.05, 0.1) is 32.3 Å². The maximum absolute atomic E-state index is 15.2. The van der Waals surface area contributed by atoms with Crippen LogP contribution in [0.3, 0.4) is 0 Å². The first-order valence-electron chi connectivity index (χ1n) is 11.6. The smallest absolute Gasteiger partial charge is 0.190 e. The summed E-state index contributed by atoms with van der Waals surface area (Å²) in [6.45, 7) is 4.75. The third-order valence-electron chi connectivity index (χ3n) is 6.59. The summed E-state index contributed by atoms with van der Waals surface area (Å²) >= 11 is 0. The fourth-order valence-corrected chi connectivity index (χ4v) is 4.44. The standard InChI is InChI=1S/C26H28FN7O2/c1-16-6-7-18(33(16)3)15-34-24(30-21-10-19(35-4)11-23(36-5)25(21)27)9-8-20-26(34)31-22(13-28-20)17-12-29-32(2)14-17/h8-14,18H,1,6-7,15H2,2-5H3/b30-24+. The summed E-state index contributed by atoms with van der Waals surface area (Å²) in [5, 5.41) is 4.25. The van der Waals surface area contributed by atoms with E-state index in [2.05, 4.69) is 21.6 Å². The number of likely N-dealkylation sites (N-methyl/N-ethyl adjacent to an activating group) is 1. The van der Waals surface area contributed by atoms with E-state index in [1.165, 1.54) is 20.3 Å². The lowest BCUT2D eigenvalue weighted by molar-refractivity contribution is 0.316. The third-order valence-corrected chi connectivity index (χ3v) is 6.59. The highest BCUT2D eigenvalue weighted by Gasteiger charge is 2.25. The van der Waals surface area contributed by atoms with Crippen molar-refractivity contribution >= 4 is 16.9 Å². The fourth-order valence-electron chi connectivity index (χ4n) is 4.44. The number of halogens is 1. The number of aromatic nitrogens is 5. The molecule has 0 spiro atoms. The van der Waals surface area contributed by atoms with Gasteiger partial charge in [-0.1, -0.05) is 6.58 Å². The molecule has 1 saturated heterocycles. The molecule has 9 nitrogen and oxygen atoms in total. The first-order chi connectivity index (χ1) is 17.4. The molecular weight excluding hydrogens is 461 g/mol. The molecule has 0 saturated carbocycles. The molecule has 3 aromatic heterocycles. The predicted molar refractivity (Wildman–Crippen MR) is 134 cm³/mol. The Hall–Kier alpha value is -4.21. The second-order valence-corrected chi connectivity index (χ2v) is 8.81. The van der Waals surface area contributed by atoms with Gasteiger partial charge in [0.2, 0.25) is 0 Å². The maximum Gasteiger partial charge on any atom is 0.190 e. The average Bonchev–Trinajstić information content (AvgIpc) is 3.46. The van der Waals surface area contributed by atoms with Crippen LogP contribution in [-0.4, -0.2) is 56.5 Å². The normalized spacial score (nSPS) is 16.2. The van der Waals surface area contributed by atoms with Crippen molar-refractivity contribution in [3.05, 3.63) is 66.4 Å². The molecule has 0 N–H and O–H groups in total. The highest BCUT2D eigenvalue weighted by molar-refractivity contribution is 5.73. The van der Waals surface area contributed by atoms with Gasteiger partial charge in [-0.2, -0.15) is 5.10 Å². The van der Waals surface area contributed by atoms with Gasteiger partial charge >= 0.3 is 0 Å². The number of methoxy groups -OCH3 is 2. The molecule has 1 fully saturated rings. The number of hydrogen-bond donors (Lipinski definition) is 0. The average molecular weight is 490 g/mol. The Morgan fingerprint density at radius 3 is 2.67 bits per heavy atom. The Morgan fingerprint density at radius 1 is 1.17 bits per heavy atom. The first-order valence-corrected chi connectivity index (χ1v) is 11.6. The Labute approximate surface area is 208 Å². The summed E-state index contributed by atoms with van der Waals surface area (Å²) in [6.07, 6.45) is 7.25. The third kappa shape index (κ3) is 4.30. The number of aryl methyl sites for hydroxylation is 1. The van der Waals surface area contributed by atoms with Crippen LogP contribution in [0.5, 0.6) is 11.5 Å². The molecule has 1 aliphatic heterocycles. The monoisotopic (exact) mass is 489 g/mol. The SMILES string of the molecule is C=C1CCC(Cn2/c(=N/c3cc(OC)cc(OC)c3F)ccc3ncc(-c4cnn(C)c4)nc32)N1C. The van der Waals surface area contributed by atoms with Gasteiger partial charge in [-0.05, 0) is 25.0 Å². The zero-order valence-electron chi connectivity index (χ0n) is 20.8. The van der Waals surface area contributed by atoms with Crippen LogP contribution in [0, 0.1) is 5.82 Å². The van der Waals surface area contributed by atoms with Crippen LogP contribution in [0.15, 0.2) is 60.1 Å². The number of rotatable bonds is 6. The molecule has 0 bridgehead atoms. The lowest BCUT2D eigenvalue weighted by atomic mass is 10.2. The highest BCUT2D eigenvalue weighted by Crippen LogP contribution is 2.32. The van der Waals surface area contributed by atoms with Gasteiger partial charge in [0.15, 0.2) is 17.2 Å². The topological polar surface area (TPSA) is 82.6 Å². The van der Waals surface area contributed by atoms with E-state index in [0.717, 1.165) is 24.1 Å². The van der Waals surface area contributed by atoms with E-state index in [1.54, 1.807) is 23.1 Å². The number of fused-ring (bicyclic) bond motifs is 1. The van der Waals surface area contributed by atoms with Crippen molar-refractivity contribution in [2.24, 2.45) is 12.0 Å². The van der Waals surface area contributed by atoms with Crippen molar-refractivity contribution in [1.29, 1.82) is 0 Å². The molecule has 4 heterocycles. The lowest BCUT2D eigenvalue weighted by Gasteiger charge is -2.24. The van der Waals surface area contributed by atoms with Gasteiger partial charge in [0, 0.05) is 56.3 Å². The van der Waals surface area contributed by atoms with E-state index in [1.807, 2.05) is 37.0 Å². The van der Waals surface area contributed by atoms with Crippen molar-refractivity contribution in [2.45, 2.75) is 25.4 Å². The van der Waals surface area contributed by atoms with Gasteiger partial charge in [-0.3, -0.25) is 9.67 Å². The van der Waals surface area contributed by atoms with Gasteiger partial charge in [0.25, 0.3) is 0 Å². The lowest BCUT2D eigenvalue weighted by Crippen LogP contribution is -2.33. The molecule has 4 aromatic rings. The highest BCUT2D eigenvalue weighted by atomic mass is 19.1. The van der Waals surface area contributed by atoms with E-state index in [-0.39, 0.29) is 17.5 Å². The fraction of sp³-hybridized carbons (Fsp3) is 0.308. The van der Waals surface area contributed by atoms with Crippen LogP contribution in [0.4, 0.5) is 10.1 Å². The van der Waals surface area contributed by atoms with Gasteiger partial charge < -0.3 is 18.9 Å². The van der Waals surface area contributed by atoms with Crippen molar-refractivity contribution in [2.75, 3.05) is 21.3 Å². The van der Waals surface area contributed by atoms with Crippen molar-refractivity contribution in [3.63, 3.8) is 0 Å². The van der Waals surface area contributed by atoms with Crippen molar-refractivity contribution < 1.29 is 13.9 Å². The van der Waals surface area contributed by atoms with E-state index >= 15 is 4.39 Å². The van der Waals surface area contributed by atoms with E-state index in [0.29, 0.717) is 34.6 Å². The minimum Gasteiger partial charge on any atom is -0.497 e. The molecule has 0 aliphatic carbocycles. The summed E-state index contributed by atoms with van der Waals surface area (Å²) in [7, 11) is 6.83. The largest absolute Gasteiger partial charge is 0.497 e. The van der Waals surface area contributed by atoms with E-state index < -0.39 is 5.82 Å². The number of nitrogens with zero attached hydrogens (tertiary/aromatic N) is 7. The number of hydrogen-bond acceptors (Lipinski definition) is 7. The summed E-state index contributed by atoms with van der Waals surface area (Å²) < 4.78 is 29.4. The van der Waals surface area contributed by atoms with Crippen molar-refractivity contribution in [1.82, 2.24) is 29.2 Å². The molecule has 1 aliphatic rings. The number of likely N-dealkylation sites (tertiary alicyclic amines) is 1. The molecule has 1 aromatic carbocycles. The van der Waals surface area contributed by atoms with Gasteiger partial charge in [-0.15, -0.1) is 0 Å². The molecule has 1 unspecified atom stereocenters. The van der Waals surface area contributed by atoms with Gasteiger partial charge in [-0.25, -0.2) is 14.4 Å². The van der Waals surface area contributed by atoms with Crippen LogP contribution < -0.4 is 15.0 Å². The zero-order valence-corrected chi connectivity index (χ0v) is 20.8. The second kappa shape index (κ2) is 9.44. The van der Waals surface area contributed by atoms with Crippen LogP contribution in [0.2, 0.25) is 0 Å². The Balaban J connectivity index is 1.73. The molecule has 1 atom stereocenters. The first kappa shape index (κ1) is 23.5. The molecule has 0 amide bonds. The molecule has 5 rings (SSSR count). The quantitative estimate of drug-likeness (QED) is 0.410. The van der Waals surface area contributed by atoms with Crippen LogP contribution in [-0.2, 0) is 13.6 Å². The molecule has 36 heavy (non-hydrogen) atoms. The van der Waals surface area contributed by atoms with Crippen LogP contribution in [0.1, 0.15) is 12.8 Å². The summed E-state index contributed by atoms with van der Waals surface area (Å²) in [4.78, 5) is 16.5. The minimum absolute atomic E-state index is 0.0610. The number of ether oxygens (including phenoxy) is 2. The Kier molecular flexibility index (Phi) is 6.17. The van der Waals surface area contributed by atoms with Crippen molar-refractivity contribution in [3.8, 4) is 22.8 Å². The molecule has 0 radical (unpaired) electrons. The summed E-state index contributed by atoms with van der Waals surface area (Å²) in [5.74, 6) is -0.0535. The minimum atomic E-state index is -0.563. The number of benzene rings is 1. The Bertz CT molecular complexity index is 1520. The number of pyridine rings is 1. The maximum atomic E-state index is 15.2. The van der Waals surface area contributed by atoms with E-state index in [4.69, 9.17) is 19.5 Å². The van der Waals surface area contributed by atoms with E-state index in [9.17, 15) is 0 Å². The van der Waals surface area contributed by atoms with Gasteiger partial charge in [0.1, 0.15) is 22.4 Å². The summed E-state index contributed by atoms with van der Waals surface area (Å²) in [5.41, 5.74) is 4.66. The second-order valence-electron chi connectivity index (χ2n) is 8.81. The summed E-state index contributed by atoms with van der Waals surface area (Å²) in [6, 6.07) is 6.91. The van der Waals surface area contributed by atoms with Crippen LogP contribution in [0.25, 0.3) is 22.4 Å². The molecule has 186 valence electrons. The predicted octanol–water partition coefficient (Wildman–Crippen LogP) is 3.83. The zero-order chi connectivity index (χ0) is 25.4. The molecular formula is C26H28FN7O2. The Morgan fingerprint density at radius 2 is 2.00 bits per heavy atom.